The van der Waals surface area contributed by atoms with E-state index >= 15 is 0 Å². The van der Waals surface area contributed by atoms with Crippen molar-refractivity contribution >= 4 is 29.0 Å². The van der Waals surface area contributed by atoms with Gasteiger partial charge in [0.15, 0.2) is 0 Å². The number of halogens is 1. The number of carbonyl (C=O) groups excluding carboxylic acids is 1. The Bertz CT molecular complexity index is 526. The molecule has 21 heavy (non-hydrogen) atoms. The molecule has 1 aromatic rings. The minimum atomic E-state index is -0.179. The molecule has 3 N–H and O–H groups in total. The Balaban J connectivity index is 2.09. The highest BCUT2D eigenvalue weighted by atomic mass is 35.5. The van der Waals surface area contributed by atoms with Crippen molar-refractivity contribution in [2.75, 3.05) is 39.1 Å². The number of nitrogens with one attached hydrogen (secondary N) is 1. The minimum Gasteiger partial charge on any atom is -0.386 e. The standard InChI is InChI=1S/C14H20ClN5O/c1-19-6-8-20(9-7-19)18-14(21)11-4-2-3-5-12(11)17-13(16)10-15/h2-5H,6-10H2,1H3,(H2,16,17)(H,18,21). The van der Waals surface area contributed by atoms with Crippen molar-refractivity contribution in [3.05, 3.63) is 29.8 Å². The number of rotatable bonds is 4. The van der Waals surface area contributed by atoms with Gasteiger partial charge in [-0.1, -0.05) is 12.1 Å². The Labute approximate surface area is 129 Å². The van der Waals surface area contributed by atoms with E-state index in [1.54, 1.807) is 18.2 Å². The SMILES string of the molecule is CN1CCN(NC(=O)c2ccccc2N=C(N)CCl)CC1. The normalized spacial score (nSPS) is 17.7. The van der Waals surface area contributed by atoms with Crippen molar-refractivity contribution in [1.82, 2.24) is 15.3 Å². The average molecular weight is 310 g/mol. The lowest BCUT2D eigenvalue weighted by molar-refractivity contribution is 0.0663. The van der Waals surface area contributed by atoms with Crippen molar-refractivity contribution in [2.45, 2.75) is 0 Å². The van der Waals surface area contributed by atoms with Crippen molar-refractivity contribution in [3.8, 4) is 0 Å². The minimum absolute atomic E-state index is 0.133. The Morgan fingerprint density at radius 1 is 1.33 bits per heavy atom. The van der Waals surface area contributed by atoms with E-state index in [4.69, 9.17) is 17.3 Å². The molecule has 1 heterocycles. The average Bonchev–Trinajstić information content (AvgIpc) is 2.50. The molecule has 1 aliphatic heterocycles. The van der Waals surface area contributed by atoms with Gasteiger partial charge < -0.3 is 10.6 Å². The third-order valence-corrected chi connectivity index (χ3v) is 3.59. The first-order valence-corrected chi connectivity index (χ1v) is 7.36. The van der Waals surface area contributed by atoms with Gasteiger partial charge >= 0.3 is 0 Å². The van der Waals surface area contributed by atoms with E-state index in [1.165, 1.54) is 0 Å². The number of amides is 1. The van der Waals surface area contributed by atoms with Crippen molar-refractivity contribution in [2.24, 2.45) is 10.7 Å². The Kier molecular flexibility index (Phi) is 5.55. The molecule has 2 rings (SSSR count). The number of aliphatic imine (C=N–C) groups is 1. The summed E-state index contributed by atoms with van der Waals surface area (Å²) in [5, 5.41) is 1.92. The summed E-state index contributed by atoms with van der Waals surface area (Å²) < 4.78 is 0. The number of carbonyl (C=O) groups is 1. The van der Waals surface area contributed by atoms with Gasteiger partial charge in [0.25, 0.3) is 5.91 Å². The van der Waals surface area contributed by atoms with Gasteiger partial charge in [0.2, 0.25) is 0 Å². The summed E-state index contributed by atoms with van der Waals surface area (Å²) in [6, 6.07) is 7.09. The van der Waals surface area contributed by atoms with Gasteiger partial charge in [-0.25, -0.2) is 10.0 Å². The summed E-state index contributed by atoms with van der Waals surface area (Å²) in [7, 11) is 2.07. The largest absolute Gasteiger partial charge is 0.386 e. The molecule has 1 aliphatic rings. The van der Waals surface area contributed by atoms with Crippen LogP contribution in [0, 0.1) is 0 Å². The van der Waals surface area contributed by atoms with Crippen LogP contribution in [0.15, 0.2) is 29.3 Å². The van der Waals surface area contributed by atoms with E-state index in [-0.39, 0.29) is 17.6 Å². The molecular formula is C14H20ClN5O. The van der Waals surface area contributed by atoms with Gasteiger partial charge in [-0.05, 0) is 19.2 Å². The number of benzene rings is 1. The third kappa shape index (κ3) is 4.42. The molecule has 0 radical (unpaired) electrons. The zero-order valence-electron chi connectivity index (χ0n) is 12.1. The quantitative estimate of drug-likeness (QED) is 0.490. The Hall–Kier alpha value is -1.63. The fourth-order valence-electron chi connectivity index (χ4n) is 2.07. The number of hydrogen-bond acceptors (Lipinski definition) is 4. The van der Waals surface area contributed by atoms with Crippen LogP contribution in [0.2, 0.25) is 0 Å². The summed E-state index contributed by atoms with van der Waals surface area (Å²) in [5.74, 6) is 0.242. The molecule has 114 valence electrons. The number of hydrazine groups is 1. The summed E-state index contributed by atoms with van der Waals surface area (Å²) in [6.07, 6.45) is 0. The van der Waals surface area contributed by atoms with Crippen molar-refractivity contribution < 1.29 is 4.79 Å². The number of amidine groups is 1. The fourth-order valence-corrected chi connectivity index (χ4v) is 2.13. The lowest BCUT2D eigenvalue weighted by Gasteiger charge is -2.32. The van der Waals surface area contributed by atoms with Gasteiger partial charge in [-0.15, -0.1) is 11.6 Å². The molecule has 6 nitrogen and oxygen atoms in total. The molecule has 1 amide bonds. The number of alkyl halides is 1. The third-order valence-electron chi connectivity index (χ3n) is 3.31. The number of likely N-dealkylation sites (N-methyl/N-ethyl adjacent to an activating group) is 1. The first kappa shape index (κ1) is 15.8. The highest BCUT2D eigenvalue weighted by Gasteiger charge is 2.18. The molecule has 0 spiro atoms. The summed E-state index contributed by atoms with van der Waals surface area (Å²) in [4.78, 5) is 18.8. The van der Waals surface area contributed by atoms with Crippen LogP contribution in [-0.4, -0.2) is 60.8 Å². The van der Waals surface area contributed by atoms with Crippen LogP contribution in [0.4, 0.5) is 5.69 Å². The fraction of sp³-hybridized carbons (Fsp3) is 0.429. The van der Waals surface area contributed by atoms with E-state index < -0.39 is 0 Å². The topological polar surface area (TPSA) is 74.0 Å². The van der Waals surface area contributed by atoms with Gasteiger partial charge in [0, 0.05) is 26.2 Å². The zero-order valence-corrected chi connectivity index (χ0v) is 12.8. The summed E-state index contributed by atoms with van der Waals surface area (Å²) in [6.45, 7) is 3.47. The van der Waals surface area contributed by atoms with Crippen LogP contribution < -0.4 is 11.2 Å². The summed E-state index contributed by atoms with van der Waals surface area (Å²) >= 11 is 5.63. The van der Waals surface area contributed by atoms with E-state index in [2.05, 4.69) is 22.4 Å². The molecule has 0 atom stereocenters. The molecule has 1 fully saturated rings. The van der Waals surface area contributed by atoms with Crippen molar-refractivity contribution in [3.63, 3.8) is 0 Å². The maximum atomic E-state index is 12.4. The number of hydrogen-bond donors (Lipinski definition) is 2. The van der Waals surface area contributed by atoms with Crippen molar-refractivity contribution in [1.29, 1.82) is 0 Å². The Morgan fingerprint density at radius 2 is 2.00 bits per heavy atom. The number of nitrogens with zero attached hydrogens (tertiary/aromatic N) is 3. The predicted molar refractivity (Wildman–Crippen MR) is 85.0 cm³/mol. The molecule has 1 saturated heterocycles. The maximum absolute atomic E-state index is 12.4. The molecule has 0 saturated carbocycles. The van der Waals surface area contributed by atoms with E-state index in [9.17, 15) is 4.79 Å². The van der Waals surface area contributed by atoms with Gasteiger partial charge in [0.05, 0.1) is 17.1 Å². The van der Waals surface area contributed by atoms with E-state index in [1.807, 2.05) is 11.1 Å². The second kappa shape index (κ2) is 7.40. The van der Waals surface area contributed by atoms with E-state index in [0.29, 0.717) is 11.3 Å². The number of nitrogens with two attached hydrogens (primary N) is 1. The van der Waals surface area contributed by atoms with Gasteiger partial charge in [0.1, 0.15) is 5.84 Å². The smallest absolute Gasteiger partial charge is 0.267 e. The van der Waals surface area contributed by atoms with Crippen LogP contribution in [-0.2, 0) is 0 Å². The van der Waals surface area contributed by atoms with Crippen LogP contribution in [0.1, 0.15) is 10.4 Å². The molecule has 1 aromatic carbocycles. The van der Waals surface area contributed by atoms with E-state index in [0.717, 1.165) is 26.2 Å². The molecular weight excluding hydrogens is 290 g/mol. The number of piperazine rings is 1. The Morgan fingerprint density at radius 3 is 2.67 bits per heavy atom. The van der Waals surface area contributed by atoms with Gasteiger partial charge in [-0.3, -0.25) is 10.2 Å². The molecule has 0 unspecified atom stereocenters. The van der Waals surface area contributed by atoms with Crippen LogP contribution >= 0.6 is 11.6 Å². The second-order valence-corrected chi connectivity index (χ2v) is 5.25. The zero-order chi connectivity index (χ0) is 15.2. The number of para-hydroxylation sites is 1. The molecule has 0 aromatic heterocycles. The molecule has 0 bridgehead atoms. The van der Waals surface area contributed by atoms with Crippen LogP contribution in [0.25, 0.3) is 0 Å². The van der Waals surface area contributed by atoms with Crippen LogP contribution in [0.5, 0.6) is 0 Å². The molecule has 0 aliphatic carbocycles. The highest BCUT2D eigenvalue weighted by Crippen LogP contribution is 2.18. The second-order valence-electron chi connectivity index (χ2n) is 4.99. The highest BCUT2D eigenvalue weighted by molar-refractivity contribution is 6.28. The lowest BCUT2D eigenvalue weighted by atomic mass is 10.1. The predicted octanol–water partition coefficient (Wildman–Crippen LogP) is 0.806. The summed E-state index contributed by atoms with van der Waals surface area (Å²) in [5.41, 5.74) is 9.58. The first-order valence-electron chi connectivity index (χ1n) is 6.82. The van der Waals surface area contributed by atoms with Gasteiger partial charge in [-0.2, -0.15) is 0 Å². The van der Waals surface area contributed by atoms with Crippen LogP contribution in [0.3, 0.4) is 0 Å². The lowest BCUT2D eigenvalue weighted by Crippen LogP contribution is -2.52. The monoisotopic (exact) mass is 309 g/mol. The maximum Gasteiger partial charge on any atom is 0.267 e. The first-order chi connectivity index (χ1) is 10.1. The molecule has 7 heteroatoms.